The number of carbonyl (C=O) groups excluding carboxylic acids is 1. The summed E-state index contributed by atoms with van der Waals surface area (Å²) in [5, 5.41) is 11.5. The Morgan fingerprint density at radius 3 is 2.48 bits per heavy atom. The highest BCUT2D eigenvalue weighted by Crippen LogP contribution is 2.24. The minimum absolute atomic E-state index is 0.0423. The summed E-state index contributed by atoms with van der Waals surface area (Å²) in [6.07, 6.45) is 0. The highest BCUT2D eigenvalue weighted by atomic mass is 35.5. The zero-order chi connectivity index (χ0) is 15.6. The van der Waals surface area contributed by atoms with Crippen LogP contribution in [0.2, 0.25) is 10.0 Å². The van der Waals surface area contributed by atoms with Crippen molar-refractivity contribution in [2.75, 3.05) is 5.32 Å². The maximum absolute atomic E-state index is 13.7. The van der Waals surface area contributed by atoms with Crippen LogP contribution in [0.15, 0.2) is 36.4 Å². The fraction of sp³-hybridized carbons (Fsp3) is 0. The lowest BCUT2D eigenvalue weighted by molar-refractivity contribution is 0.0698. The molecule has 108 valence electrons. The van der Waals surface area contributed by atoms with Gasteiger partial charge in [0, 0.05) is 5.02 Å². The maximum atomic E-state index is 13.7. The average molecular weight is 328 g/mol. The monoisotopic (exact) mass is 327 g/mol. The molecule has 0 heterocycles. The molecule has 21 heavy (non-hydrogen) atoms. The van der Waals surface area contributed by atoms with E-state index in [4.69, 9.17) is 28.3 Å². The zero-order valence-corrected chi connectivity index (χ0v) is 11.9. The number of hydrogen-bond donors (Lipinski definition) is 2. The van der Waals surface area contributed by atoms with E-state index in [2.05, 4.69) is 5.32 Å². The lowest BCUT2D eigenvalue weighted by atomic mass is 10.1. The minimum Gasteiger partial charge on any atom is -0.478 e. The summed E-state index contributed by atoms with van der Waals surface area (Å²) in [7, 11) is 0. The summed E-state index contributed by atoms with van der Waals surface area (Å²) < 4.78 is 13.7. The summed E-state index contributed by atoms with van der Waals surface area (Å²) in [6.45, 7) is 0. The summed E-state index contributed by atoms with van der Waals surface area (Å²) in [5.74, 6) is -2.91. The Morgan fingerprint density at radius 1 is 1.14 bits per heavy atom. The van der Waals surface area contributed by atoms with Crippen LogP contribution in [0.5, 0.6) is 0 Å². The fourth-order valence-corrected chi connectivity index (χ4v) is 2.13. The van der Waals surface area contributed by atoms with Gasteiger partial charge in [0.1, 0.15) is 5.82 Å². The van der Waals surface area contributed by atoms with Gasteiger partial charge in [0.15, 0.2) is 0 Å². The molecule has 0 aliphatic carbocycles. The van der Waals surface area contributed by atoms with Crippen molar-refractivity contribution in [2.45, 2.75) is 0 Å². The Morgan fingerprint density at radius 2 is 1.86 bits per heavy atom. The molecule has 2 aromatic carbocycles. The van der Waals surface area contributed by atoms with Crippen LogP contribution in [0.3, 0.4) is 0 Å². The van der Waals surface area contributed by atoms with E-state index >= 15 is 0 Å². The lowest BCUT2D eigenvalue weighted by Crippen LogP contribution is -2.16. The van der Waals surface area contributed by atoms with E-state index in [0.717, 1.165) is 6.07 Å². The van der Waals surface area contributed by atoms with Crippen molar-refractivity contribution in [3.8, 4) is 0 Å². The third kappa shape index (κ3) is 3.32. The van der Waals surface area contributed by atoms with Gasteiger partial charge in [-0.05, 0) is 30.3 Å². The number of rotatable bonds is 3. The molecule has 2 rings (SSSR count). The van der Waals surface area contributed by atoms with Gasteiger partial charge in [-0.25, -0.2) is 9.18 Å². The van der Waals surface area contributed by atoms with Gasteiger partial charge < -0.3 is 10.4 Å². The van der Waals surface area contributed by atoms with E-state index in [1.54, 1.807) is 0 Å². The van der Waals surface area contributed by atoms with Crippen molar-refractivity contribution in [2.24, 2.45) is 0 Å². The molecule has 2 N–H and O–H groups in total. The van der Waals surface area contributed by atoms with Crippen molar-refractivity contribution >= 4 is 40.8 Å². The number of aromatic carboxylic acids is 1. The van der Waals surface area contributed by atoms with E-state index in [9.17, 15) is 14.0 Å². The summed E-state index contributed by atoms with van der Waals surface area (Å²) in [5.41, 5.74) is -0.574. The lowest BCUT2D eigenvalue weighted by Gasteiger charge is -2.10. The normalized spacial score (nSPS) is 10.2. The topological polar surface area (TPSA) is 66.4 Å². The van der Waals surface area contributed by atoms with Crippen LogP contribution < -0.4 is 5.32 Å². The third-order valence-corrected chi connectivity index (χ3v) is 3.20. The van der Waals surface area contributed by atoms with E-state index < -0.39 is 17.7 Å². The summed E-state index contributed by atoms with van der Waals surface area (Å²) in [6, 6.07) is 7.67. The van der Waals surface area contributed by atoms with Gasteiger partial charge in [-0.2, -0.15) is 0 Å². The zero-order valence-electron chi connectivity index (χ0n) is 10.4. The molecule has 0 spiro atoms. The van der Waals surface area contributed by atoms with Crippen LogP contribution >= 0.6 is 23.2 Å². The maximum Gasteiger partial charge on any atom is 0.337 e. The van der Waals surface area contributed by atoms with Crippen molar-refractivity contribution in [3.05, 3.63) is 63.4 Å². The molecule has 0 fully saturated rings. The standard InChI is InChI=1S/C14H8Cl2FNO3/c15-7-4-5-8(14(20)21)11(6-7)18-13(19)12-9(16)2-1-3-10(12)17/h1-6H,(H,18,19)(H,20,21). The second-order valence-electron chi connectivity index (χ2n) is 4.05. The molecule has 1 amide bonds. The molecular formula is C14H8Cl2FNO3. The molecule has 0 saturated heterocycles. The molecule has 0 radical (unpaired) electrons. The number of nitrogens with one attached hydrogen (secondary N) is 1. The van der Waals surface area contributed by atoms with Gasteiger partial charge in [0.05, 0.1) is 21.8 Å². The van der Waals surface area contributed by atoms with Crippen LogP contribution in [0.4, 0.5) is 10.1 Å². The molecular weight excluding hydrogens is 320 g/mol. The molecule has 4 nitrogen and oxygen atoms in total. The highest BCUT2D eigenvalue weighted by Gasteiger charge is 2.19. The second kappa shape index (κ2) is 6.11. The smallest absolute Gasteiger partial charge is 0.337 e. The van der Waals surface area contributed by atoms with Crippen molar-refractivity contribution in [1.82, 2.24) is 0 Å². The summed E-state index contributed by atoms with van der Waals surface area (Å²) >= 11 is 11.6. The van der Waals surface area contributed by atoms with Crippen LogP contribution in [0.25, 0.3) is 0 Å². The number of anilines is 1. The molecule has 0 aromatic heterocycles. The Kier molecular flexibility index (Phi) is 4.45. The SMILES string of the molecule is O=C(O)c1ccc(Cl)cc1NC(=O)c1c(F)cccc1Cl. The Hall–Kier alpha value is -2.11. The van der Waals surface area contributed by atoms with Gasteiger partial charge in [0.2, 0.25) is 0 Å². The molecule has 0 unspecified atom stereocenters. The van der Waals surface area contributed by atoms with Crippen molar-refractivity contribution in [3.63, 3.8) is 0 Å². The first-order chi connectivity index (χ1) is 9.90. The van der Waals surface area contributed by atoms with Crippen LogP contribution in [0.1, 0.15) is 20.7 Å². The van der Waals surface area contributed by atoms with Gasteiger partial charge in [-0.3, -0.25) is 4.79 Å². The number of halogens is 3. The molecule has 0 aliphatic heterocycles. The molecule has 0 bridgehead atoms. The van der Waals surface area contributed by atoms with Crippen molar-refractivity contribution < 1.29 is 19.1 Å². The number of carboxylic acid groups (broad SMARTS) is 1. The van der Waals surface area contributed by atoms with Crippen LogP contribution in [-0.4, -0.2) is 17.0 Å². The minimum atomic E-state index is -1.25. The Bertz CT molecular complexity index is 714. The van der Waals surface area contributed by atoms with E-state index in [-0.39, 0.29) is 26.9 Å². The van der Waals surface area contributed by atoms with Gasteiger partial charge >= 0.3 is 5.97 Å². The third-order valence-electron chi connectivity index (χ3n) is 2.65. The molecule has 2 aromatic rings. The van der Waals surface area contributed by atoms with Gasteiger partial charge in [-0.1, -0.05) is 29.3 Å². The Balaban J connectivity index is 2.40. The highest BCUT2D eigenvalue weighted by molar-refractivity contribution is 6.34. The number of carbonyl (C=O) groups is 2. The molecule has 7 heteroatoms. The quantitative estimate of drug-likeness (QED) is 0.892. The van der Waals surface area contributed by atoms with E-state index in [1.165, 1.54) is 30.3 Å². The summed E-state index contributed by atoms with van der Waals surface area (Å²) in [4.78, 5) is 23.2. The number of amides is 1. The molecule has 0 saturated carbocycles. The average Bonchev–Trinajstić information content (AvgIpc) is 2.38. The first kappa shape index (κ1) is 15.3. The van der Waals surface area contributed by atoms with E-state index in [1.807, 2.05) is 0 Å². The van der Waals surface area contributed by atoms with Crippen LogP contribution in [0, 0.1) is 5.82 Å². The molecule has 0 aliphatic rings. The van der Waals surface area contributed by atoms with Crippen molar-refractivity contribution in [1.29, 1.82) is 0 Å². The molecule has 0 atom stereocenters. The number of carboxylic acids is 1. The predicted molar refractivity (Wildman–Crippen MR) is 77.8 cm³/mol. The van der Waals surface area contributed by atoms with Gasteiger partial charge in [0.25, 0.3) is 5.91 Å². The Labute approximate surface area is 129 Å². The van der Waals surface area contributed by atoms with Gasteiger partial charge in [-0.15, -0.1) is 0 Å². The second-order valence-corrected chi connectivity index (χ2v) is 4.89. The first-order valence-electron chi connectivity index (χ1n) is 5.68. The predicted octanol–water partition coefficient (Wildman–Crippen LogP) is 4.08. The first-order valence-corrected chi connectivity index (χ1v) is 6.44. The fourth-order valence-electron chi connectivity index (χ4n) is 1.71. The number of hydrogen-bond acceptors (Lipinski definition) is 2. The van der Waals surface area contributed by atoms with Crippen LogP contribution in [-0.2, 0) is 0 Å². The largest absolute Gasteiger partial charge is 0.478 e. The number of benzene rings is 2. The van der Waals surface area contributed by atoms with E-state index in [0.29, 0.717) is 0 Å².